The van der Waals surface area contributed by atoms with Gasteiger partial charge in [-0.25, -0.2) is 4.79 Å². The van der Waals surface area contributed by atoms with Gasteiger partial charge in [0.25, 0.3) is 0 Å². The average Bonchev–Trinajstić information content (AvgIpc) is 2.65. The van der Waals surface area contributed by atoms with E-state index in [1.165, 1.54) is 12.1 Å². The second kappa shape index (κ2) is 8.44. The van der Waals surface area contributed by atoms with E-state index in [-0.39, 0.29) is 18.1 Å². The van der Waals surface area contributed by atoms with Gasteiger partial charge in [0, 0.05) is 11.1 Å². The Balaban J connectivity index is 2.05. The Hall–Kier alpha value is -3.41. The van der Waals surface area contributed by atoms with Crippen molar-refractivity contribution < 1.29 is 24.2 Å². The highest BCUT2D eigenvalue weighted by molar-refractivity contribution is 6.09. The molecule has 128 valence electrons. The van der Waals surface area contributed by atoms with Crippen LogP contribution in [-0.2, 0) is 9.59 Å². The first-order valence-electron chi connectivity index (χ1n) is 7.51. The first-order valence-corrected chi connectivity index (χ1v) is 7.51. The molecular weight excluding hydrogens is 322 g/mol. The fourth-order valence-corrected chi connectivity index (χ4v) is 2.05. The van der Waals surface area contributed by atoms with Gasteiger partial charge >= 0.3 is 5.97 Å². The number of hydrogen-bond donors (Lipinski definition) is 2. The predicted octanol–water partition coefficient (Wildman–Crippen LogP) is 2.05. The van der Waals surface area contributed by atoms with Crippen molar-refractivity contribution in [3.63, 3.8) is 0 Å². The molecule has 2 rings (SSSR count). The molecule has 0 aliphatic carbocycles. The molecule has 2 aromatic carbocycles. The highest BCUT2D eigenvalue weighted by atomic mass is 16.5. The lowest BCUT2D eigenvalue weighted by Crippen LogP contribution is -2.39. The summed E-state index contributed by atoms with van der Waals surface area (Å²) in [4.78, 5) is 34.6. The fourth-order valence-electron chi connectivity index (χ4n) is 2.05. The molecule has 1 atom stereocenters. The molecule has 0 aliphatic heterocycles. The number of carbonyl (C=O) groups excluding carboxylic acids is 2. The summed E-state index contributed by atoms with van der Waals surface area (Å²) in [5, 5.41) is 11.5. The number of nitrogens with one attached hydrogen (secondary N) is 1. The van der Waals surface area contributed by atoms with Crippen LogP contribution in [0.4, 0.5) is 0 Å². The molecule has 0 heterocycles. The average molecular weight is 339 g/mol. The molecule has 0 aliphatic rings. The summed E-state index contributed by atoms with van der Waals surface area (Å²) in [6.07, 6.45) is -0.206. The molecule has 2 N–H and O–H groups in total. The molecule has 1 unspecified atom stereocenters. The molecular formula is C19H17NO5. The smallest absolute Gasteiger partial charge is 0.346 e. The van der Waals surface area contributed by atoms with Crippen molar-refractivity contribution in [3.05, 3.63) is 78.4 Å². The molecule has 0 radical (unpaired) electrons. The Bertz CT molecular complexity index is 768. The van der Waals surface area contributed by atoms with E-state index < -0.39 is 18.0 Å². The first kappa shape index (κ1) is 17.9. The fraction of sp³-hybridized carbons (Fsp3) is 0.105. The van der Waals surface area contributed by atoms with Crippen LogP contribution in [0.5, 0.6) is 5.75 Å². The van der Waals surface area contributed by atoms with E-state index >= 15 is 0 Å². The Labute approximate surface area is 144 Å². The van der Waals surface area contributed by atoms with Crippen molar-refractivity contribution in [2.75, 3.05) is 6.54 Å². The molecule has 6 nitrogen and oxygen atoms in total. The van der Waals surface area contributed by atoms with Crippen molar-refractivity contribution in [2.45, 2.75) is 6.10 Å². The summed E-state index contributed by atoms with van der Waals surface area (Å²) >= 11 is 0. The Kier molecular flexibility index (Phi) is 6.06. The summed E-state index contributed by atoms with van der Waals surface area (Å²) in [6, 6.07) is 15.0. The van der Waals surface area contributed by atoms with E-state index in [4.69, 9.17) is 9.84 Å². The Morgan fingerprint density at radius 1 is 1.04 bits per heavy atom. The number of carboxylic acid groups (broad SMARTS) is 1. The minimum absolute atomic E-state index is 0.139. The van der Waals surface area contributed by atoms with Gasteiger partial charge in [-0.3, -0.25) is 9.59 Å². The number of ketones is 1. The second-order valence-corrected chi connectivity index (χ2v) is 5.11. The lowest BCUT2D eigenvalue weighted by atomic mass is 10.0. The number of aliphatic carboxylic acids is 1. The number of carbonyl (C=O) groups is 3. The van der Waals surface area contributed by atoms with Crippen LogP contribution in [0.25, 0.3) is 0 Å². The molecule has 0 fully saturated rings. The maximum Gasteiger partial charge on any atom is 0.346 e. The van der Waals surface area contributed by atoms with Gasteiger partial charge in [-0.1, -0.05) is 36.9 Å². The molecule has 25 heavy (non-hydrogen) atoms. The van der Waals surface area contributed by atoms with Gasteiger partial charge in [0.1, 0.15) is 5.75 Å². The SMILES string of the molecule is C=CC(=O)NCC(Oc1ccc(C(=O)c2ccccc2)cc1)C(=O)O. The summed E-state index contributed by atoms with van der Waals surface area (Å²) in [5.41, 5.74) is 1.03. The summed E-state index contributed by atoms with van der Waals surface area (Å²) in [6.45, 7) is 3.08. The maximum absolute atomic E-state index is 12.3. The Morgan fingerprint density at radius 3 is 2.20 bits per heavy atom. The number of rotatable bonds is 8. The molecule has 1 amide bonds. The number of benzene rings is 2. The van der Waals surface area contributed by atoms with Gasteiger partial charge in [0.15, 0.2) is 5.78 Å². The molecule has 0 saturated carbocycles. The van der Waals surface area contributed by atoms with Crippen LogP contribution in [0.3, 0.4) is 0 Å². The molecule has 0 aromatic heterocycles. The van der Waals surface area contributed by atoms with Crippen LogP contribution in [0.15, 0.2) is 67.3 Å². The third kappa shape index (κ3) is 5.04. The van der Waals surface area contributed by atoms with Gasteiger partial charge < -0.3 is 15.2 Å². The monoisotopic (exact) mass is 339 g/mol. The van der Waals surface area contributed by atoms with Crippen LogP contribution in [0.1, 0.15) is 15.9 Å². The van der Waals surface area contributed by atoms with E-state index in [9.17, 15) is 14.4 Å². The van der Waals surface area contributed by atoms with Gasteiger partial charge in [0.05, 0.1) is 6.54 Å². The number of carboxylic acids is 1. The third-order valence-electron chi connectivity index (χ3n) is 3.35. The van der Waals surface area contributed by atoms with Gasteiger partial charge in [-0.05, 0) is 30.3 Å². The highest BCUT2D eigenvalue weighted by Crippen LogP contribution is 2.16. The van der Waals surface area contributed by atoms with Gasteiger partial charge in [-0.2, -0.15) is 0 Å². The van der Waals surface area contributed by atoms with E-state index in [1.807, 2.05) is 6.07 Å². The zero-order valence-corrected chi connectivity index (χ0v) is 13.3. The van der Waals surface area contributed by atoms with E-state index in [0.717, 1.165) is 6.08 Å². The van der Waals surface area contributed by atoms with Crippen molar-refractivity contribution in [1.82, 2.24) is 5.32 Å². The second-order valence-electron chi connectivity index (χ2n) is 5.11. The summed E-state index contributed by atoms with van der Waals surface area (Å²) < 4.78 is 5.35. The number of ether oxygens (including phenoxy) is 1. The van der Waals surface area contributed by atoms with Gasteiger partial charge in [-0.15, -0.1) is 0 Å². The lowest BCUT2D eigenvalue weighted by molar-refractivity contribution is -0.144. The summed E-state index contributed by atoms with van der Waals surface area (Å²) in [5.74, 6) is -1.56. The lowest BCUT2D eigenvalue weighted by Gasteiger charge is -2.15. The minimum atomic E-state index is -1.25. The van der Waals surface area contributed by atoms with Crippen molar-refractivity contribution in [1.29, 1.82) is 0 Å². The van der Waals surface area contributed by atoms with Crippen LogP contribution in [-0.4, -0.2) is 35.4 Å². The first-order chi connectivity index (χ1) is 12.0. The standard InChI is InChI=1S/C19H17NO5/c1-2-17(21)20-12-16(19(23)24)25-15-10-8-14(9-11-15)18(22)13-6-4-3-5-7-13/h2-11,16H,1,12H2,(H,20,21)(H,23,24). The van der Waals surface area contributed by atoms with Crippen LogP contribution >= 0.6 is 0 Å². The molecule has 2 aromatic rings. The van der Waals surface area contributed by atoms with Crippen molar-refractivity contribution in [2.24, 2.45) is 0 Å². The van der Waals surface area contributed by atoms with E-state index in [2.05, 4.69) is 11.9 Å². The quantitative estimate of drug-likeness (QED) is 0.567. The maximum atomic E-state index is 12.3. The number of amides is 1. The van der Waals surface area contributed by atoms with Crippen LogP contribution < -0.4 is 10.1 Å². The van der Waals surface area contributed by atoms with Gasteiger partial charge in [0.2, 0.25) is 12.0 Å². The predicted molar refractivity (Wildman–Crippen MR) is 91.6 cm³/mol. The number of hydrogen-bond acceptors (Lipinski definition) is 4. The highest BCUT2D eigenvalue weighted by Gasteiger charge is 2.20. The van der Waals surface area contributed by atoms with Crippen LogP contribution in [0.2, 0.25) is 0 Å². The zero-order chi connectivity index (χ0) is 18.2. The molecule has 0 saturated heterocycles. The normalized spacial score (nSPS) is 11.2. The van der Waals surface area contributed by atoms with Crippen molar-refractivity contribution >= 4 is 17.7 Å². The molecule has 0 spiro atoms. The van der Waals surface area contributed by atoms with Crippen molar-refractivity contribution in [3.8, 4) is 5.75 Å². The largest absolute Gasteiger partial charge is 0.478 e. The third-order valence-corrected chi connectivity index (χ3v) is 3.35. The zero-order valence-electron chi connectivity index (χ0n) is 13.3. The minimum Gasteiger partial charge on any atom is -0.478 e. The topological polar surface area (TPSA) is 92.7 Å². The van der Waals surface area contributed by atoms with E-state index in [1.54, 1.807) is 36.4 Å². The molecule has 0 bridgehead atoms. The van der Waals surface area contributed by atoms with Crippen LogP contribution in [0, 0.1) is 0 Å². The van der Waals surface area contributed by atoms with E-state index in [0.29, 0.717) is 11.1 Å². The molecule has 6 heteroatoms. The Morgan fingerprint density at radius 2 is 1.64 bits per heavy atom. The summed E-state index contributed by atoms with van der Waals surface area (Å²) in [7, 11) is 0.